The van der Waals surface area contributed by atoms with Crippen molar-refractivity contribution in [2.75, 3.05) is 20.7 Å². The molecule has 0 aliphatic carbocycles. The van der Waals surface area contributed by atoms with Crippen LogP contribution in [0.25, 0.3) is 0 Å². The van der Waals surface area contributed by atoms with Gasteiger partial charge >= 0.3 is 0 Å². The van der Waals surface area contributed by atoms with Gasteiger partial charge in [0.05, 0.1) is 5.56 Å². The van der Waals surface area contributed by atoms with E-state index in [0.717, 1.165) is 0 Å². The highest BCUT2D eigenvalue weighted by Gasteiger charge is 2.19. The Kier molecular flexibility index (Phi) is 5.77. The van der Waals surface area contributed by atoms with Crippen LogP contribution in [0.3, 0.4) is 0 Å². The van der Waals surface area contributed by atoms with Gasteiger partial charge < -0.3 is 15.0 Å². The normalized spacial score (nSPS) is 11.3. The minimum absolute atomic E-state index is 0.164. The topological polar surface area (TPSA) is 58.6 Å². The molecule has 1 N–H and O–H groups in total. The number of nitrogens with one attached hydrogen (secondary N) is 1. The third kappa shape index (κ3) is 4.12. The van der Waals surface area contributed by atoms with E-state index in [1.54, 1.807) is 51.4 Å². The summed E-state index contributed by atoms with van der Waals surface area (Å²) in [5.74, 6) is -0.0374. The first-order chi connectivity index (χ1) is 9.47. The van der Waals surface area contributed by atoms with Gasteiger partial charge in [0.15, 0.2) is 0 Å². The van der Waals surface area contributed by atoms with Crippen LogP contribution in [0.15, 0.2) is 36.9 Å². The van der Waals surface area contributed by atoms with E-state index in [9.17, 15) is 9.59 Å². The number of hydrogen-bond acceptors (Lipinski definition) is 3. The number of nitrogens with zero attached hydrogens (tertiary/aromatic N) is 1. The molecule has 0 spiro atoms. The molecular weight excluding hydrogens is 256 g/mol. The number of amides is 2. The van der Waals surface area contributed by atoms with E-state index in [1.165, 1.54) is 4.90 Å². The zero-order valence-electron chi connectivity index (χ0n) is 12.1. The summed E-state index contributed by atoms with van der Waals surface area (Å²) in [5.41, 5.74) is 0.396. The van der Waals surface area contributed by atoms with E-state index in [-0.39, 0.29) is 11.8 Å². The van der Waals surface area contributed by atoms with Gasteiger partial charge in [0, 0.05) is 14.1 Å². The Morgan fingerprint density at radius 2 is 2.05 bits per heavy atom. The van der Waals surface area contributed by atoms with Crippen molar-refractivity contribution in [1.29, 1.82) is 0 Å². The van der Waals surface area contributed by atoms with Crippen molar-refractivity contribution in [3.8, 4) is 5.75 Å². The molecule has 0 saturated carbocycles. The molecule has 0 unspecified atom stereocenters. The van der Waals surface area contributed by atoms with Crippen molar-refractivity contribution in [3.63, 3.8) is 0 Å². The molecule has 0 heterocycles. The number of ether oxygens (including phenoxy) is 1. The first-order valence-electron chi connectivity index (χ1n) is 6.32. The van der Waals surface area contributed by atoms with E-state index in [1.807, 2.05) is 0 Å². The molecule has 0 saturated heterocycles. The van der Waals surface area contributed by atoms with Crippen LogP contribution in [-0.2, 0) is 4.79 Å². The first kappa shape index (κ1) is 15.8. The van der Waals surface area contributed by atoms with Crippen molar-refractivity contribution in [2.45, 2.75) is 13.0 Å². The van der Waals surface area contributed by atoms with Crippen LogP contribution >= 0.6 is 0 Å². The number of likely N-dealkylation sites (N-methyl/N-ethyl adjacent to an activating group) is 1. The van der Waals surface area contributed by atoms with Crippen LogP contribution in [0.5, 0.6) is 5.75 Å². The fraction of sp³-hybridized carbons (Fsp3) is 0.333. The van der Waals surface area contributed by atoms with Crippen LogP contribution in [0.1, 0.15) is 17.3 Å². The smallest absolute Gasteiger partial charge is 0.255 e. The summed E-state index contributed by atoms with van der Waals surface area (Å²) in [5, 5.41) is 2.66. The molecule has 0 fully saturated rings. The Balaban J connectivity index is 2.82. The third-order valence-electron chi connectivity index (χ3n) is 2.65. The summed E-state index contributed by atoms with van der Waals surface area (Å²) in [4.78, 5) is 25.3. The Bertz CT molecular complexity index is 498. The van der Waals surface area contributed by atoms with E-state index in [0.29, 0.717) is 17.9 Å². The summed E-state index contributed by atoms with van der Waals surface area (Å²) in [6.45, 7) is 5.53. The SMILES string of the molecule is C=CCOc1ccccc1C(=O)N[C@@H](C)C(=O)N(C)C. The molecular formula is C15H20N2O3. The highest BCUT2D eigenvalue weighted by Crippen LogP contribution is 2.18. The maximum absolute atomic E-state index is 12.2. The predicted octanol–water partition coefficient (Wildman–Crippen LogP) is 1.46. The van der Waals surface area contributed by atoms with Gasteiger partial charge in [-0.2, -0.15) is 0 Å². The van der Waals surface area contributed by atoms with E-state index < -0.39 is 6.04 Å². The fourth-order valence-corrected chi connectivity index (χ4v) is 1.65. The molecule has 0 radical (unpaired) electrons. The molecule has 0 aliphatic heterocycles. The van der Waals surface area contributed by atoms with Crippen LogP contribution in [0.2, 0.25) is 0 Å². The standard InChI is InChI=1S/C15H20N2O3/c1-5-10-20-13-9-7-6-8-12(13)14(18)16-11(2)15(19)17(3)4/h5-9,11H,1,10H2,2-4H3,(H,16,18)/t11-/m0/s1. The Hall–Kier alpha value is -2.30. The second-order valence-corrected chi connectivity index (χ2v) is 4.52. The van der Waals surface area contributed by atoms with Crippen molar-refractivity contribution >= 4 is 11.8 Å². The Morgan fingerprint density at radius 1 is 1.40 bits per heavy atom. The Morgan fingerprint density at radius 3 is 2.65 bits per heavy atom. The maximum Gasteiger partial charge on any atom is 0.255 e. The molecule has 0 bridgehead atoms. The molecule has 1 rings (SSSR count). The molecule has 2 amide bonds. The first-order valence-corrected chi connectivity index (χ1v) is 6.32. The zero-order valence-corrected chi connectivity index (χ0v) is 12.1. The summed E-state index contributed by atoms with van der Waals surface area (Å²) < 4.78 is 5.42. The van der Waals surface area contributed by atoms with Gasteiger partial charge in [0.25, 0.3) is 5.91 Å². The van der Waals surface area contributed by atoms with Gasteiger partial charge in [0.2, 0.25) is 5.91 Å². The largest absolute Gasteiger partial charge is 0.489 e. The number of rotatable bonds is 6. The average Bonchev–Trinajstić information content (AvgIpc) is 2.44. The summed E-state index contributed by atoms with van der Waals surface area (Å²) in [6.07, 6.45) is 1.60. The molecule has 1 aromatic carbocycles. The molecule has 108 valence electrons. The monoisotopic (exact) mass is 276 g/mol. The molecule has 1 aromatic rings. The molecule has 0 aromatic heterocycles. The minimum atomic E-state index is -0.593. The number of para-hydroxylation sites is 1. The van der Waals surface area contributed by atoms with Gasteiger partial charge in [0.1, 0.15) is 18.4 Å². The lowest BCUT2D eigenvalue weighted by atomic mass is 10.1. The lowest BCUT2D eigenvalue weighted by Gasteiger charge is -2.18. The number of hydrogen-bond donors (Lipinski definition) is 1. The maximum atomic E-state index is 12.2. The van der Waals surface area contributed by atoms with E-state index in [4.69, 9.17) is 4.74 Å². The van der Waals surface area contributed by atoms with Gasteiger partial charge in [-0.25, -0.2) is 0 Å². The van der Waals surface area contributed by atoms with E-state index in [2.05, 4.69) is 11.9 Å². The molecule has 20 heavy (non-hydrogen) atoms. The van der Waals surface area contributed by atoms with Crippen molar-refractivity contribution < 1.29 is 14.3 Å². The quantitative estimate of drug-likeness (QED) is 0.800. The number of carbonyl (C=O) groups is 2. The van der Waals surface area contributed by atoms with Crippen LogP contribution in [0.4, 0.5) is 0 Å². The van der Waals surface area contributed by atoms with Gasteiger partial charge in [-0.1, -0.05) is 24.8 Å². The lowest BCUT2D eigenvalue weighted by molar-refractivity contribution is -0.130. The highest BCUT2D eigenvalue weighted by atomic mass is 16.5. The van der Waals surface area contributed by atoms with Crippen LogP contribution < -0.4 is 10.1 Å². The number of carbonyl (C=O) groups excluding carboxylic acids is 2. The number of benzene rings is 1. The second kappa shape index (κ2) is 7.33. The summed E-state index contributed by atoms with van der Waals surface area (Å²) >= 11 is 0. The summed E-state index contributed by atoms with van der Waals surface area (Å²) in [6, 6.07) is 6.29. The minimum Gasteiger partial charge on any atom is -0.489 e. The van der Waals surface area contributed by atoms with Crippen LogP contribution in [0, 0.1) is 0 Å². The summed E-state index contributed by atoms with van der Waals surface area (Å²) in [7, 11) is 3.29. The molecule has 5 heteroatoms. The lowest BCUT2D eigenvalue weighted by Crippen LogP contribution is -2.44. The Labute approximate surface area is 119 Å². The van der Waals surface area contributed by atoms with Gasteiger partial charge in [-0.05, 0) is 19.1 Å². The highest BCUT2D eigenvalue weighted by molar-refractivity contribution is 5.99. The second-order valence-electron chi connectivity index (χ2n) is 4.52. The van der Waals surface area contributed by atoms with Gasteiger partial charge in [-0.15, -0.1) is 0 Å². The average molecular weight is 276 g/mol. The van der Waals surface area contributed by atoms with Crippen molar-refractivity contribution in [1.82, 2.24) is 10.2 Å². The van der Waals surface area contributed by atoms with Gasteiger partial charge in [-0.3, -0.25) is 9.59 Å². The van der Waals surface area contributed by atoms with Crippen molar-refractivity contribution in [3.05, 3.63) is 42.5 Å². The molecule has 1 atom stereocenters. The zero-order chi connectivity index (χ0) is 15.1. The molecule has 5 nitrogen and oxygen atoms in total. The third-order valence-corrected chi connectivity index (χ3v) is 2.65. The molecule has 0 aliphatic rings. The van der Waals surface area contributed by atoms with Crippen molar-refractivity contribution in [2.24, 2.45) is 0 Å². The predicted molar refractivity (Wildman–Crippen MR) is 77.8 cm³/mol. The van der Waals surface area contributed by atoms with Crippen LogP contribution in [-0.4, -0.2) is 43.5 Å². The fourth-order valence-electron chi connectivity index (χ4n) is 1.65. The van der Waals surface area contributed by atoms with E-state index >= 15 is 0 Å².